The van der Waals surface area contributed by atoms with Gasteiger partial charge in [-0.25, -0.2) is 0 Å². The summed E-state index contributed by atoms with van der Waals surface area (Å²) in [7, 11) is 0. The summed E-state index contributed by atoms with van der Waals surface area (Å²) in [5.74, 6) is 0.794. The molecular formula is C23H31N3O2. The van der Waals surface area contributed by atoms with E-state index in [1.807, 2.05) is 36.1 Å². The molecule has 150 valence electrons. The zero-order valence-electron chi connectivity index (χ0n) is 17.2. The maximum Gasteiger partial charge on any atom is 0.260 e. The number of nitrogens with zero attached hydrogens (tertiary/aromatic N) is 3. The molecule has 1 amide bonds. The van der Waals surface area contributed by atoms with Gasteiger partial charge in [-0.2, -0.15) is 0 Å². The quantitative estimate of drug-likeness (QED) is 0.735. The van der Waals surface area contributed by atoms with Crippen LogP contribution in [-0.4, -0.2) is 56.7 Å². The van der Waals surface area contributed by atoms with Gasteiger partial charge in [0.15, 0.2) is 6.61 Å². The van der Waals surface area contributed by atoms with E-state index in [2.05, 4.69) is 47.9 Å². The van der Waals surface area contributed by atoms with E-state index in [9.17, 15) is 4.79 Å². The van der Waals surface area contributed by atoms with Crippen LogP contribution in [0.1, 0.15) is 19.4 Å². The Morgan fingerprint density at radius 2 is 1.54 bits per heavy atom. The number of carbonyl (C=O) groups is 1. The van der Waals surface area contributed by atoms with Gasteiger partial charge in [0, 0.05) is 50.6 Å². The van der Waals surface area contributed by atoms with Crippen LogP contribution < -0.4 is 14.5 Å². The third kappa shape index (κ3) is 4.97. The number of hydrogen-bond donors (Lipinski definition) is 0. The summed E-state index contributed by atoms with van der Waals surface area (Å²) in [5, 5.41) is 0. The fourth-order valence-corrected chi connectivity index (χ4v) is 3.55. The predicted molar refractivity (Wildman–Crippen MR) is 115 cm³/mol. The molecule has 5 heteroatoms. The van der Waals surface area contributed by atoms with E-state index in [0.29, 0.717) is 0 Å². The van der Waals surface area contributed by atoms with Gasteiger partial charge in [-0.1, -0.05) is 17.7 Å². The van der Waals surface area contributed by atoms with E-state index in [4.69, 9.17) is 4.74 Å². The van der Waals surface area contributed by atoms with Crippen LogP contribution in [0.2, 0.25) is 0 Å². The van der Waals surface area contributed by atoms with Crippen molar-refractivity contribution in [2.75, 3.05) is 55.7 Å². The smallest absolute Gasteiger partial charge is 0.260 e. The molecule has 3 rings (SSSR count). The van der Waals surface area contributed by atoms with Crippen molar-refractivity contribution in [3.05, 3.63) is 54.1 Å². The van der Waals surface area contributed by atoms with Crippen LogP contribution in [0.25, 0.3) is 0 Å². The summed E-state index contributed by atoms with van der Waals surface area (Å²) < 4.78 is 5.63. The number of rotatable bonds is 7. The fourth-order valence-electron chi connectivity index (χ4n) is 3.55. The Kier molecular flexibility index (Phi) is 6.80. The topological polar surface area (TPSA) is 36.0 Å². The summed E-state index contributed by atoms with van der Waals surface area (Å²) in [6.45, 7) is 11.7. The first kappa shape index (κ1) is 20.1. The van der Waals surface area contributed by atoms with Crippen LogP contribution >= 0.6 is 0 Å². The lowest BCUT2D eigenvalue weighted by Gasteiger charge is -2.36. The average Bonchev–Trinajstić information content (AvgIpc) is 2.75. The number of piperazine rings is 1. The van der Waals surface area contributed by atoms with Gasteiger partial charge in [-0.3, -0.25) is 4.79 Å². The van der Waals surface area contributed by atoms with Crippen LogP contribution in [0, 0.1) is 6.92 Å². The summed E-state index contributed by atoms with van der Waals surface area (Å²) in [6, 6.07) is 16.5. The minimum absolute atomic E-state index is 0.0529. The van der Waals surface area contributed by atoms with E-state index in [0.717, 1.165) is 45.0 Å². The lowest BCUT2D eigenvalue weighted by molar-refractivity contribution is -0.133. The van der Waals surface area contributed by atoms with Gasteiger partial charge >= 0.3 is 0 Å². The molecule has 0 saturated carbocycles. The standard InChI is InChI=1S/C23H31N3O2/c1-4-24(5-2)20-8-10-21(11-9-20)25-14-16-26(17-15-25)23(27)18-28-22-12-6-19(3)7-13-22/h6-13H,4-5,14-18H2,1-3H3. The Balaban J connectivity index is 1.48. The molecule has 1 aliphatic rings. The first-order valence-electron chi connectivity index (χ1n) is 10.2. The fraction of sp³-hybridized carbons (Fsp3) is 0.435. The van der Waals surface area contributed by atoms with Crippen molar-refractivity contribution < 1.29 is 9.53 Å². The van der Waals surface area contributed by atoms with Crippen LogP contribution in [0.15, 0.2) is 48.5 Å². The van der Waals surface area contributed by atoms with Crippen molar-refractivity contribution in [1.82, 2.24) is 4.90 Å². The second-order valence-electron chi connectivity index (χ2n) is 7.16. The monoisotopic (exact) mass is 381 g/mol. The molecule has 2 aromatic rings. The first-order valence-corrected chi connectivity index (χ1v) is 10.2. The molecule has 0 spiro atoms. The van der Waals surface area contributed by atoms with E-state index < -0.39 is 0 Å². The third-order valence-corrected chi connectivity index (χ3v) is 5.36. The summed E-state index contributed by atoms with van der Waals surface area (Å²) in [5.41, 5.74) is 3.66. The first-order chi connectivity index (χ1) is 13.6. The molecule has 0 aromatic heterocycles. The normalized spacial score (nSPS) is 14.1. The van der Waals surface area contributed by atoms with Crippen molar-refractivity contribution in [1.29, 1.82) is 0 Å². The number of amides is 1. The number of carbonyl (C=O) groups excluding carboxylic acids is 1. The third-order valence-electron chi connectivity index (χ3n) is 5.36. The minimum Gasteiger partial charge on any atom is -0.484 e. The van der Waals surface area contributed by atoms with Crippen molar-refractivity contribution in [3.8, 4) is 5.75 Å². The number of ether oxygens (including phenoxy) is 1. The molecule has 0 aliphatic carbocycles. The van der Waals surface area contributed by atoms with Crippen LogP contribution in [0.3, 0.4) is 0 Å². The highest BCUT2D eigenvalue weighted by Crippen LogP contribution is 2.22. The van der Waals surface area contributed by atoms with E-state index in [1.54, 1.807) is 0 Å². The van der Waals surface area contributed by atoms with Gasteiger partial charge in [-0.05, 0) is 57.2 Å². The molecule has 2 aromatic carbocycles. The molecule has 0 radical (unpaired) electrons. The highest BCUT2D eigenvalue weighted by molar-refractivity contribution is 5.78. The Morgan fingerprint density at radius 1 is 0.929 bits per heavy atom. The Bertz CT molecular complexity index is 746. The molecule has 1 saturated heterocycles. The molecule has 0 N–H and O–H groups in total. The van der Waals surface area contributed by atoms with Gasteiger partial charge in [0.2, 0.25) is 0 Å². The summed E-state index contributed by atoms with van der Waals surface area (Å²) >= 11 is 0. The van der Waals surface area contributed by atoms with Gasteiger partial charge in [-0.15, -0.1) is 0 Å². The zero-order valence-corrected chi connectivity index (χ0v) is 17.2. The molecule has 1 aliphatic heterocycles. The maximum atomic E-state index is 12.4. The zero-order chi connectivity index (χ0) is 19.9. The SMILES string of the molecule is CCN(CC)c1ccc(N2CCN(C(=O)COc3ccc(C)cc3)CC2)cc1. The molecule has 5 nitrogen and oxygen atoms in total. The van der Waals surface area contributed by atoms with Gasteiger partial charge < -0.3 is 19.4 Å². The van der Waals surface area contributed by atoms with Gasteiger partial charge in [0.05, 0.1) is 0 Å². The highest BCUT2D eigenvalue weighted by atomic mass is 16.5. The lowest BCUT2D eigenvalue weighted by atomic mass is 10.2. The van der Waals surface area contributed by atoms with E-state index >= 15 is 0 Å². The van der Waals surface area contributed by atoms with Crippen molar-refractivity contribution in [2.45, 2.75) is 20.8 Å². The second kappa shape index (κ2) is 9.49. The second-order valence-corrected chi connectivity index (χ2v) is 7.16. The Labute approximate surface area is 168 Å². The predicted octanol–water partition coefficient (Wildman–Crippen LogP) is 3.57. The Hall–Kier alpha value is -2.69. The number of anilines is 2. The van der Waals surface area contributed by atoms with Gasteiger partial charge in [0.25, 0.3) is 5.91 Å². The molecule has 0 unspecified atom stereocenters. The molecule has 0 atom stereocenters. The van der Waals surface area contributed by atoms with Gasteiger partial charge in [0.1, 0.15) is 5.75 Å². The van der Waals surface area contributed by atoms with Crippen LogP contribution in [0.4, 0.5) is 11.4 Å². The molecule has 1 fully saturated rings. The average molecular weight is 382 g/mol. The van der Waals surface area contributed by atoms with Crippen molar-refractivity contribution in [2.24, 2.45) is 0 Å². The van der Waals surface area contributed by atoms with Crippen molar-refractivity contribution >= 4 is 17.3 Å². The molecular weight excluding hydrogens is 350 g/mol. The molecule has 0 bridgehead atoms. The van der Waals surface area contributed by atoms with Crippen molar-refractivity contribution in [3.63, 3.8) is 0 Å². The lowest BCUT2D eigenvalue weighted by Crippen LogP contribution is -2.50. The van der Waals surface area contributed by atoms with E-state index in [1.165, 1.54) is 16.9 Å². The molecule has 1 heterocycles. The Morgan fingerprint density at radius 3 is 2.11 bits per heavy atom. The largest absolute Gasteiger partial charge is 0.484 e. The minimum atomic E-state index is 0.0529. The molecule has 28 heavy (non-hydrogen) atoms. The highest BCUT2D eigenvalue weighted by Gasteiger charge is 2.21. The van der Waals surface area contributed by atoms with Crippen LogP contribution in [0.5, 0.6) is 5.75 Å². The number of hydrogen-bond acceptors (Lipinski definition) is 4. The number of benzene rings is 2. The maximum absolute atomic E-state index is 12.4. The van der Waals surface area contributed by atoms with E-state index in [-0.39, 0.29) is 12.5 Å². The number of aryl methyl sites for hydroxylation is 1. The summed E-state index contributed by atoms with van der Waals surface area (Å²) in [4.78, 5) is 19.0. The summed E-state index contributed by atoms with van der Waals surface area (Å²) in [6.07, 6.45) is 0. The van der Waals surface area contributed by atoms with Crippen LogP contribution in [-0.2, 0) is 4.79 Å².